The molecule has 0 bridgehead atoms. The van der Waals surface area contributed by atoms with Gasteiger partial charge in [-0.2, -0.15) is 0 Å². The van der Waals surface area contributed by atoms with Crippen molar-refractivity contribution in [1.82, 2.24) is 0 Å². The van der Waals surface area contributed by atoms with Crippen molar-refractivity contribution in [3.05, 3.63) is 23.3 Å². The highest BCUT2D eigenvalue weighted by Crippen LogP contribution is 2.42. The summed E-state index contributed by atoms with van der Waals surface area (Å²) in [6, 6.07) is 0. The molecule has 0 nitrogen and oxygen atoms in total. The van der Waals surface area contributed by atoms with E-state index in [0.717, 1.165) is 18.3 Å². The van der Waals surface area contributed by atoms with E-state index in [4.69, 9.17) is 0 Å². The summed E-state index contributed by atoms with van der Waals surface area (Å²) in [4.78, 5) is 0. The molecular weight excluding hydrogens is 204 g/mol. The van der Waals surface area contributed by atoms with Gasteiger partial charge >= 0.3 is 0 Å². The minimum atomic E-state index is 0.874. The molecule has 2 fully saturated rings. The van der Waals surface area contributed by atoms with E-state index in [1.807, 2.05) is 0 Å². The summed E-state index contributed by atoms with van der Waals surface area (Å²) in [6.45, 7) is 0. The molecule has 0 aromatic heterocycles. The lowest BCUT2D eigenvalue weighted by molar-refractivity contribution is 0.375. The van der Waals surface area contributed by atoms with Gasteiger partial charge in [0.15, 0.2) is 0 Å². The Morgan fingerprint density at radius 3 is 2.00 bits per heavy atom. The van der Waals surface area contributed by atoms with E-state index < -0.39 is 0 Å². The van der Waals surface area contributed by atoms with Crippen molar-refractivity contribution in [2.45, 2.75) is 70.6 Å². The maximum absolute atomic E-state index is 3.70. The molecule has 3 rings (SSSR count). The molecule has 2 saturated carbocycles. The van der Waals surface area contributed by atoms with Gasteiger partial charge in [0.1, 0.15) is 0 Å². The maximum atomic E-state index is 3.70. The molecule has 0 saturated heterocycles. The van der Waals surface area contributed by atoms with E-state index in [2.05, 4.69) is 12.2 Å². The van der Waals surface area contributed by atoms with Gasteiger partial charge in [0.05, 0.1) is 0 Å². The number of hydrogen-bond acceptors (Lipinski definition) is 0. The Morgan fingerprint density at radius 1 is 0.765 bits per heavy atom. The second kappa shape index (κ2) is 5.42. The SMILES string of the molecule is [C]1=C(C2CCCCC2)C(C2CCCCC2)=CC1. The van der Waals surface area contributed by atoms with Gasteiger partial charge in [-0.3, -0.25) is 0 Å². The molecule has 3 aliphatic carbocycles. The molecule has 0 N–H and O–H groups in total. The van der Waals surface area contributed by atoms with Crippen LogP contribution in [-0.4, -0.2) is 0 Å². The summed E-state index contributed by atoms with van der Waals surface area (Å²) in [6.07, 6.45) is 21.8. The second-order valence-corrected chi connectivity index (χ2v) is 6.12. The zero-order valence-electron chi connectivity index (χ0n) is 11.0. The van der Waals surface area contributed by atoms with Gasteiger partial charge in [-0.05, 0) is 61.2 Å². The van der Waals surface area contributed by atoms with Gasteiger partial charge in [0.25, 0.3) is 0 Å². The summed E-state index contributed by atoms with van der Waals surface area (Å²) < 4.78 is 0. The quantitative estimate of drug-likeness (QED) is 0.610. The predicted octanol–water partition coefficient (Wildman–Crippen LogP) is 5.21. The first-order chi connectivity index (χ1) is 8.45. The van der Waals surface area contributed by atoms with Crippen LogP contribution in [0.5, 0.6) is 0 Å². The Kier molecular flexibility index (Phi) is 3.68. The molecule has 0 heterocycles. The summed E-state index contributed by atoms with van der Waals surface area (Å²) in [5.41, 5.74) is 3.40. The highest BCUT2D eigenvalue weighted by atomic mass is 14.3. The lowest BCUT2D eigenvalue weighted by Crippen LogP contribution is -2.16. The van der Waals surface area contributed by atoms with Crippen molar-refractivity contribution in [2.24, 2.45) is 11.8 Å². The summed E-state index contributed by atoms with van der Waals surface area (Å²) >= 11 is 0. The number of allylic oxidation sites excluding steroid dienone is 4. The molecular formula is C17H25. The van der Waals surface area contributed by atoms with Crippen LogP contribution in [0.15, 0.2) is 17.2 Å². The Balaban J connectivity index is 1.69. The number of hydrogen-bond donors (Lipinski definition) is 0. The highest BCUT2D eigenvalue weighted by Gasteiger charge is 2.27. The van der Waals surface area contributed by atoms with Crippen molar-refractivity contribution in [1.29, 1.82) is 0 Å². The van der Waals surface area contributed by atoms with Crippen LogP contribution >= 0.6 is 0 Å². The van der Waals surface area contributed by atoms with Gasteiger partial charge in [-0.25, -0.2) is 0 Å². The average Bonchev–Trinajstić information content (AvgIpc) is 2.90. The minimum Gasteiger partial charge on any atom is -0.0763 e. The van der Waals surface area contributed by atoms with Crippen LogP contribution in [0, 0.1) is 17.9 Å². The van der Waals surface area contributed by atoms with Gasteiger partial charge in [0.2, 0.25) is 0 Å². The second-order valence-electron chi connectivity index (χ2n) is 6.12. The molecule has 93 valence electrons. The Bertz CT molecular complexity index is 277. The van der Waals surface area contributed by atoms with Crippen molar-refractivity contribution in [3.8, 4) is 0 Å². The highest BCUT2D eigenvalue weighted by molar-refractivity contribution is 5.38. The van der Waals surface area contributed by atoms with E-state index in [1.165, 1.54) is 64.2 Å². The Hall–Kier alpha value is -0.520. The fourth-order valence-corrected chi connectivity index (χ4v) is 4.05. The molecule has 0 aromatic rings. The maximum Gasteiger partial charge on any atom is -0.00855 e. The topological polar surface area (TPSA) is 0 Å². The standard InChI is InChI=1S/C17H25/c1-3-8-14(9-4-1)16-12-7-13-17(16)15-10-5-2-6-11-15/h12,14-15H,1-11H2. The zero-order valence-corrected chi connectivity index (χ0v) is 11.0. The molecule has 1 radical (unpaired) electrons. The fraction of sp³-hybridized carbons (Fsp3) is 0.765. The van der Waals surface area contributed by atoms with Crippen molar-refractivity contribution >= 4 is 0 Å². The van der Waals surface area contributed by atoms with Gasteiger partial charge < -0.3 is 0 Å². The van der Waals surface area contributed by atoms with Crippen LogP contribution in [0.4, 0.5) is 0 Å². The van der Waals surface area contributed by atoms with Gasteiger partial charge in [-0.15, -0.1) is 0 Å². The van der Waals surface area contributed by atoms with Crippen LogP contribution in [0.25, 0.3) is 0 Å². The molecule has 0 amide bonds. The van der Waals surface area contributed by atoms with Crippen LogP contribution in [0.3, 0.4) is 0 Å². The first-order valence-electron chi connectivity index (χ1n) is 7.76. The molecule has 17 heavy (non-hydrogen) atoms. The number of rotatable bonds is 2. The summed E-state index contributed by atoms with van der Waals surface area (Å²) in [7, 11) is 0. The van der Waals surface area contributed by atoms with Crippen LogP contribution in [-0.2, 0) is 0 Å². The molecule has 0 atom stereocenters. The van der Waals surface area contributed by atoms with Gasteiger partial charge in [-0.1, -0.05) is 44.6 Å². The molecule has 0 aliphatic heterocycles. The third-order valence-electron chi connectivity index (χ3n) is 4.98. The van der Waals surface area contributed by atoms with E-state index in [1.54, 1.807) is 11.1 Å². The molecule has 0 unspecified atom stereocenters. The third-order valence-corrected chi connectivity index (χ3v) is 4.98. The van der Waals surface area contributed by atoms with Gasteiger partial charge in [0, 0.05) is 0 Å². The van der Waals surface area contributed by atoms with E-state index in [9.17, 15) is 0 Å². The fourth-order valence-electron chi connectivity index (χ4n) is 4.05. The molecule has 0 aromatic carbocycles. The third kappa shape index (κ3) is 2.51. The largest absolute Gasteiger partial charge is 0.0763 e. The lowest BCUT2D eigenvalue weighted by Gasteiger charge is -2.30. The van der Waals surface area contributed by atoms with Crippen molar-refractivity contribution < 1.29 is 0 Å². The first kappa shape index (κ1) is 11.6. The first-order valence-corrected chi connectivity index (χ1v) is 7.76. The lowest BCUT2D eigenvalue weighted by atomic mass is 9.75. The molecule has 0 heteroatoms. The van der Waals surface area contributed by atoms with Crippen LogP contribution < -0.4 is 0 Å². The van der Waals surface area contributed by atoms with E-state index >= 15 is 0 Å². The molecule has 0 spiro atoms. The van der Waals surface area contributed by atoms with Crippen molar-refractivity contribution in [3.63, 3.8) is 0 Å². The monoisotopic (exact) mass is 229 g/mol. The van der Waals surface area contributed by atoms with E-state index in [0.29, 0.717) is 0 Å². The molecule has 3 aliphatic rings. The Labute approximate surface area is 106 Å². The van der Waals surface area contributed by atoms with Crippen LogP contribution in [0.2, 0.25) is 0 Å². The predicted molar refractivity (Wildman–Crippen MR) is 72.6 cm³/mol. The Morgan fingerprint density at radius 2 is 1.35 bits per heavy atom. The van der Waals surface area contributed by atoms with Crippen LogP contribution in [0.1, 0.15) is 70.6 Å². The summed E-state index contributed by atoms with van der Waals surface area (Å²) in [5, 5.41) is 0. The smallest absolute Gasteiger partial charge is 0.00855 e. The normalized spacial score (nSPS) is 28.0. The van der Waals surface area contributed by atoms with Crippen molar-refractivity contribution in [2.75, 3.05) is 0 Å². The minimum absolute atomic E-state index is 0.874. The zero-order chi connectivity index (χ0) is 11.5. The average molecular weight is 229 g/mol. The van der Waals surface area contributed by atoms with E-state index in [-0.39, 0.29) is 0 Å². The summed E-state index contributed by atoms with van der Waals surface area (Å²) in [5.74, 6) is 1.77.